The van der Waals surface area contributed by atoms with Crippen LogP contribution in [0.4, 0.5) is 13.2 Å². The fourth-order valence-corrected chi connectivity index (χ4v) is 2.63. The molecule has 0 aliphatic carbocycles. The molecule has 0 heterocycles. The molecule has 1 N–H and O–H groups in total. The first-order chi connectivity index (χ1) is 9.58. The molecule has 21 heavy (non-hydrogen) atoms. The minimum atomic E-state index is -4.55. The lowest BCUT2D eigenvalue weighted by Crippen LogP contribution is -2.39. The lowest BCUT2D eigenvalue weighted by atomic mass is 10.2. The SMILES string of the molecule is CCOC(=O)C(C)NS(=O)(=O)c1ccc(C(F)(F)F)cc1. The molecular formula is C12H14F3NO4S. The maximum atomic E-state index is 12.4. The molecule has 0 radical (unpaired) electrons. The van der Waals surface area contributed by atoms with E-state index in [2.05, 4.69) is 4.74 Å². The molecule has 118 valence electrons. The molecule has 9 heteroatoms. The van der Waals surface area contributed by atoms with E-state index in [1.807, 2.05) is 4.72 Å². The monoisotopic (exact) mass is 325 g/mol. The van der Waals surface area contributed by atoms with Crippen LogP contribution in [-0.2, 0) is 25.7 Å². The minimum absolute atomic E-state index is 0.0885. The smallest absolute Gasteiger partial charge is 0.416 e. The van der Waals surface area contributed by atoms with Crippen LogP contribution in [0.2, 0.25) is 0 Å². The molecule has 0 fully saturated rings. The zero-order valence-corrected chi connectivity index (χ0v) is 12.1. The van der Waals surface area contributed by atoms with Gasteiger partial charge < -0.3 is 4.74 Å². The number of rotatable bonds is 5. The van der Waals surface area contributed by atoms with Gasteiger partial charge in [0, 0.05) is 0 Å². The van der Waals surface area contributed by atoms with E-state index in [-0.39, 0.29) is 11.5 Å². The van der Waals surface area contributed by atoms with Gasteiger partial charge in [-0.05, 0) is 38.1 Å². The number of sulfonamides is 1. The van der Waals surface area contributed by atoms with Crippen LogP contribution in [0.1, 0.15) is 19.4 Å². The van der Waals surface area contributed by atoms with Gasteiger partial charge in [-0.15, -0.1) is 0 Å². The van der Waals surface area contributed by atoms with E-state index >= 15 is 0 Å². The average Bonchev–Trinajstić information content (AvgIpc) is 2.37. The van der Waals surface area contributed by atoms with Gasteiger partial charge >= 0.3 is 12.1 Å². The number of hydrogen-bond acceptors (Lipinski definition) is 4. The van der Waals surface area contributed by atoms with Crippen molar-refractivity contribution in [3.8, 4) is 0 Å². The fourth-order valence-electron chi connectivity index (χ4n) is 1.44. The first kappa shape index (κ1) is 17.4. The molecule has 0 saturated heterocycles. The highest BCUT2D eigenvalue weighted by Gasteiger charge is 2.31. The van der Waals surface area contributed by atoms with Crippen molar-refractivity contribution in [2.75, 3.05) is 6.61 Å². The highest BCUT2D eigenvalue weighted by molar-refractivity contribution is 7.89. The molecule has 0 spiro atoms. The zero-order chi connectivity index (χ0) is 16.3. The van der Waals surface area contributed by atoms with Gasteiger partial charge in [0.05, 0.1) is 17.1 Å². The third-order valence-electron chi connectivity index (χ3n) is 2.46. The third kappa shape index (κ3) is 4.71. The van der Waals surface area contributed by atoms with Crippen LogP contribution < -0.4 is 4.72 Å². The summed E-state index contributed by atoms with van der Waals surface area (Å²) in [7, 11) is -4.10. The number of esters is 1. The zero-order valence-electron chi connectivity index (χ0n) is 11.3. The Morgan fingerprint density at radius 1 is 1.29 bits per heavy atom. The second-order valence-electron chi connectivity index (χ2n) is 4.12. The molecule has 1 aromatic rings. The van der Waals surface area contributed by atoms with Crippen LogP contribution in [0.3, 0.4) is 0 Å². The molecule has 0 aliphatic heterocycles. The van der Waals surface area contributed by atoms with Gasteiger partial charge in [0.1, 0.15) is 6.04 Å². The van der Waals surface area contributed by atoms with Gasteiger partial charge in [-0.25, -0.2) is 8.42 Å². The third-order valence-corrected chi connectivity index (χ3v) is 4.02. The molecular weight excluding hydrogens is 311 g/mol. The number of alkyl halides is 3. The van der Waals surface area contributed by atoms with Crippen molar-refractivity contribution >= 4 is 16.0 Å². The summed E-state index contributed by atoms with van der Waals surface area (Å²) < 4.78 is 67.7. The average molecular weight is 325 g/mol. The van der Waals surface area contributed by atoms with Crippen LogP contribution >= 0.6 is 0 Å². The Bertz CT molecular complexity index is 596. The van der Waals surface area contributed by atoms with Crippen LogP contribution in [0.15, 0.2) is 29.2 Å². The molecule has 0 saturated carbocycles. The number of benzene rings is 1. The number of halogens is 3. The summed E-state index contributed by atoms with van der Waals surface area (Å²) in [6.45, 7) is 2.93. The predicted molar refractivity (Wildman–Crippen MR) is 67.9 cm³/mol. The van der Waals surface area contributed by atoms with Crippen molar-refractivity contribution in [1.82, 2.24) is 4.72 Å². The maximum Gasteiger partial charge on any atom is 0.416 e. The Labute approximate surface area is 120 Å². The van der Waals surface area contributed by atoms with E-state index in [9.17, 15) is 26.4 Å². The van der Waals surface area contributed by atoms with Crippen LogP contribution in [-0.4, -0.2) is 27.0 Å². The quantitative estimate of drug-likeness (QED) is 0.840. The Balaban J connectivity index is 2.91. The molecule has 0 bridgehead atoms. The second kappa shape index (κ2) is 6.44. The van der Waals surface area contributed by atoms with Crippen molar-refractivity contribution in [2.24, 2.45) is 0 Å². The van der Waals surface area contributed by atoms with E-state index in [1.165, 1.54) is 6.92 Å². The first-order valence-electron chi connectivity index (χ1n) is 5.94. The Hall–Kier alpha value is -1.61. The fraction of sp³-hybridized carbons (Fsp3) is 0.417. The Morgan fingerprint density at radius 3 is 2.24 bits per heavy atom. The lowest BCUT2D eigenvalue weighted by Gasteiger charge is -2.13. The Kier molecular flexibility index (Phi) is 5.35. The van der Waals surface area contributed by atoms with Crippen molar-refractivity contribution in [1.29, 1.82) is 0 Å². The summed E-state index contributed by atoms with van der Waals surface area (Å²) in [5.74, 6) is -0.770. The first-order valence-corrected chi connectivity index (χ1v) is 7.42. The van der Waals surface area contributed by atoms with Gasteiger partial charge in [0.15, 0.2) is 0 Å². The van der Waals surface area contributed by atoms with E-state index in [0.717, 1.165) is 12.1 Å². The molecule has 0 amide bonds. The summed E-state index contributed by atoms with van der Waals surface area (Å²) in [4.78, 5) is 11.0. The van der Waals surface area contributed by atoms with E-state index in [4.69, 9.17) is 0 Å². The van der Waals surface area contributed by atoms with Gasteiger partial charge in [-0.3, -0.25) is 4.79 Å². The molecule has 0 aliphatic rings. The summed E-state index contributed by atoms with van der Waals surface area (Å²) >= 11 is 0. The summed E-state index contributed by atoms with van der Waals surface area (Å²) in [6, 6.07) is 1.82. The predicted octanol–water partition coefficient (Wildman–Crippen LogP) is 1.94. The molecule has 5 nitrogen and oxygen atoms in total. The maximum absolute atomic E-state index is 12.4. The van der Waals surface area contributed by atoms with Crippen LogP contribution in [0, 0.1) is 0 Å². The normalized spacial score (nSPS) is 13.8. The Morgan fingerprint density at radius 2 is 1.81 bits per heavy atom. The van der Waals surface area contributed by atoms with Crippen molar-refractivity contribution in [2.45, 2.75) is 31.0 Å². The van der Waals surface area contributed by atoms with Gasteiger partial charge in [0.25, 0.3) is 0 Å². The highest BCUT2D eigenvalue weighted by Crippen LogP contribution is 2.29. The van der Waals surface area contributed by atoms with E-state index < -0.39 is 33.8 Å². The van der Waals surface area contributed by atoms with Crippen molar-refractivity contribution in [3.05, 3.63) is 29.8 Å². The van der Waals surface area contributed by atoms with Gasteiger partial charge in [-0.2, -0.15) is 17.9 Å². The van der Waals surface area contributed by atoms with Gasteiger partial charge in [0.2, 0.25) is 10.0 Å². The minimum Gasteiger partial charge on any atom is -0.465 e. The number of nitrogens with one attached hydrogen (secondary N) is 1. The number of ether oxygens (including phenoxy) is 1. The van der Waals surface area contributed by atoms with Crippen LogP contribution in [0.5, 0.6) is 0 Å². The second-order valence-corrected chi connectivity index (χ2v) is 5.83. The number of carbonyl (C=O) groups is 1. The highest BCUT2D eigenvalue weighted by atomic mass is 32.2. The standard InChI is InChI=1S/C12H14F3NO4S/c1-3-20-11(17)8(2)16-21(18,19)10-6-4-9(5-7-10)12(13,14)15/h4-8,16H,3H2,1-2H3. The number of hydrogen-bond donors (Lipinski definition) is 1. The molecule has 1 rings (SSSR count). The molecule has 1 unspecified atom stereocenters. The van der Waals surface area contributed by atoms with Crippen molar-refractivity contribution in [3.63, 3.8) is 0 Å². The summed E-state index contributed by atoms with van der Waals surface area (Å²) in [6.07, 6.45) is -4.55. The molecule has 0 aromatic heterocycles. The molecule has 1 aromatic carbocycles. The topological polar surface area (TPSA) is 72.5 Å². The van der Waals surface area contributed by atoms with Crippen LogP contribution in [0.25, 0.3) is 0 Å². The molecule has 1 atom stereocenters. The largest absolute Gasteiger partial charge is 0.465 e. The van der Waals surface area contributed by atoms with Gasteiger partial charge in [-0.1, -0.05) is 0 Å². The lowest BCUT2D eigenvalue weighted by molar-refractivity contribution is -0.144. The van der Waals surface area contributed by atoms with E-state index in [0.29, 0.717) is 12.1 Å². The summed E-state index contributed by atoms with van der Waals surface area (Å²) in [5.41, 5.74) is -0.958. The number of carbonyl (C=O) groups excluding carboxylic acids is 1. The van der Waals surface area contributed by atoms with E-state index in [1.54, 1.807) is 6.92 Å². The summed E-state index contributed by atoms with van der Waals surface area (Å²) in [5, 5.41) is 0. The van der Waals surface area contributed by atoms with Crippen molar-refractivity contribution < 1.29 is 31.1 Å².